The first-order valence-electron chi connectivity index (χ1n) is 7.47. The van der Waals surface area contributed by atoms with Gasteiger partial charge < -0.3 is 23.7 Å². The van der Waals surface area contributed by atoms with Crippen molar-refractivity contribution in [2.45, 2.75) is 6.10 Å². The number of hydrogen-bond acceptors (Lipinski definition) is 7. The number of azo groups is 1. The highest BCUT2D eigenvalue weighted by molar-refractivity contribution is 5.98. The average molecular weight is 331 g/mol. The van der Waals surface area contributed by atoms with E-state index in [0.29, 0.717) is 52.9 Å². The summed E-state index contributed by atoms with van der Waals surface area (Å²) in [5, 5.41) is 6.42. The van der Waals surface area contributed by atoms with Crippen LogP contribution in [0.1, 0.15) is 0 Å². The third-order valence-electron chi connectivity index (χ3n) is 3.07. The largest absolute Gasteiger partial charge is 0.377 e. The first kappa shape index (κ1) is 17.9. The third-order valence-corrected chi connectivity index (χ3v) is 3.07. The molecule has 4 amide bonds. The maximum Gasteiger partial charge on any atom is 0.370 e. The Hall–Kier alpha value is -1.46. The molecule has 0 aliphatic carbocycles. The fraction of sp³-hybridized carbons (Fsp3) is 0.846. The summed E-state index contributed by atoms with van der Waals surface area (Å²) < 4.78 is 27.1. The summed E-state index contributed by atoms with van der Waals surface area (Å²) in [5.74, 6) is 0. The van der Waals surface area contributed by atoms with Gasteiger partial charge in [-0.15, -0.1) is 0 Å². The van der Waals surface area contributed by atoms with Crippen molar-refractivity contribution in [2.75, 3.05) is 66.0 Å². The normalized spacial score (nSPS) is 26.1. The van der Waals surface area contributed by atoms with Crippen LogP contribution in [0.2, 0.25) is 0 Å². The molecule has 0 spiro atoms. The molecule has 0 radical (unpaired) electrons. The van der Waals surface area contributed by atoms with Crippen LogP contribution in [0, 0.1) is 0 Å². The van der Waals surface area contributed by atoms with Gasteiger partial charge in [-0.05, 0) is 0 Å². The number of carbonyl (C=O) groups excluding carboxylic acids is 2. The number of hydrogen-bond donors (Lipinski definition) is 0. The Morgan fingerprint density at radius 2 is 1.26 bits per heavy atom. The maximum atomic E-state index is 11.4. The van der Waals surface area contributed by atoms with E-state index in [0.717, 1.165) is 4.90 Å². The first-order valence-corrected chi connectivity index (χ1v) is 7.47. The van der Waals surface area contributed by atoms with Crippen molar-refractivity contribution in [2.24, 2.45) is 10.2 Å². The van der Waals surface area contributed by atoms with Crippen molar-refractivity contribution in [3.8, 4) is 0 Å². The number of rotatable bonds is 2. The number of ether oxygens (including phenoxy) is 5. The molecular formula is C13H21N3O7. The third kappa shape index (κ3) is 6.67. The van der Waals surface area contributed by atoms with Crippen LogP contribution in [0.3, 0.4) is 0 Å². The molecule has 0 bridgehead atoms. The quantitative estimate of drug-likeness (QED) is 0.723. The Bertz CT molecular complexity index is 384. The van der Waals surface area contributed by atoms with Crippen LogP contribution < -0.4 is 0 Å². The van der Waals surface area contributed by atoms with Crippen LogP contribution in [-0.4, -0.2) is 89.1 Å². The fourth-order valence-electron chi connectivity index (χ4n) is 1.94. The second-order valence-corrected chi connectivity index (χ2v) is 4.78. The van der Waals surface area contributed by atoms with Crippen molar-refractivity contribution in [3.63, 3.8) is 0 Å². The molecule has 1 unspecified atom stereocenters. The van der Waals surface area contributed by atoms with Gasteiger partial charge in [-0.3, -0.25) is 0 Å². The SMILES string of the molecule is O=C1N=NC(=O)N1CC1COCCOCCOCCOCCO1. The lowest BCUT2D eigenvalue weighted by Crippen LogP contribution is -2.39. The van der Waals surface area contributed by atoms with Gasteiger partial charge in [-0.25, -0.2) is 14.5 Å². The Morgan fingerprint density at radius 1 is 0.783 bits per heavy atom. The van der Waals surface area contributed by atoms with Gasteiger partial charge in [0.05, 0.1) is 72.1 Å². The average Bonchev–Trinajstić information content (AvgIpc) is 2.85. The van der Waals surface area contributed by atoms with Gasteiger partial charge in [0.1, 0.15) is 0 Å². The molecule has 2 heterocycles. The monoisotopic (exact) mass is 331 g/mol. The standard InChI is InChI=1S/C13H21N3O7/c17-12-14-15-13(18)16(12)9-11-10-22-6-5-20-2-1-19-3-4-21-7-8-23-11/h11H,1-10H2. The molecule has 1 fully saturated rings. The minimum atomic E-state index is -0.689. The van der Waals surface area contributed by atoms with E-state index in [1.54, 1.807) is 0 Å². The van der Waals surface area contributed by atoms with Crippen molar-refractivity contribution < 1.29 is 33.3 Å². The Kier molecular flexibility index (Phi) is 8.04. The van der Waals surface area contributed by atoms with E-state index < -0.39 is 18.2 Å². The fourth-order valence-corrected chi connectivity index (χ4v) is 1.94. The lowest BCUT2D eigenvalue weighted by molar-refractivity contribution is -0.0496. The highest BCUT2D eigenvalue weighted by atomic mass is 16.6. The molecule has 0 aromatic carbocycles. The molecular weight excluding hydrogens is 310 g/mol. The molecule has 1 atom stereocenters. The predicted octanol–water partition coefficient (Wildman–Crippen LogP) is 0.459. The molecule has 0 saturated carbocycles. The summed E-state index contributed by atoms with van der Waals surface area (Å²) in [6.07, 6.45) is -0.476. The van der Waals surface area contributed by atoms with E-state index in [2.05, 4.69) is 10.2 Å². The summed E-state index contributed by atoms with van der Waals surface area (Å²) in [6, 6.07) is -1.38. The molecule has 0 aromatic rings. The lowest BCUT2D eigenvalue weighted by Gasteiger charge is -2.21. The van der Waals surface area contributed by atoms with E-state index in [1.165, 1.54) is 0 Å². The van der Waals surface area contributed by atoms with Gasteiger partial charge >= 0.3 is 12.1 Å². The topological polar surface area (TPSA) is 108 Å². The maximum absolute atomic E-state index is 11.4. The zero-order valence-electron chi connectivity index (χ0n) is 12.8. The summed E-state index contributed by atoms with van der Waals surface area (Å²) in [5.41, 5.74) is 0. The van der Waals surface area contributed by atoms with Crippen LogP contribution in [-0.2, 0) is 23.7 Å². The highest BCUT2D eigenvalue weighted by Gasteiger charge is 2.30. The van der Waals surface area contributed by atoms with Crippen LogP contribution in [0.15, 0.2) is 10.2 Å². The molecule has 2 rings (SSSR count). The summed E-state index contributed by atoms with van der Waals surface area (Å²) in [4.78, 5) is 23.8. The van der Waals surface area contributed by atoms with Crippen molar-refractivity contribution in [1.29, 1.82) is 0 Å². The second-order valence-electron chi connectivity index (χ2n) is 4.78. The molecule has 0 aromatic heterocycles. The number of imide groups is 1. The molecule has 10 heteroatoms. The number of nitrogens with zero attached hydrogens (tertiary/aromatic N) is 3. The first-order chi connectivity index (χ1) is 11.3. The van der Waals surface area contributed by atoms with E-state index in [9.17, 15) is 9.59 Å². The Labute approximate surface area is 133 Å². The van der Waals surface area contributed by atoms with E-state index in [-0.39, 0.29) is 13.2 Å². The molecule has 2 aliphatic rings. The zero-order valence-corrected chi connectivity index (χ0v) is 12.8. The summed E-state index contributed by atoms with van der Waals surface area (Å²) >= 11 is 0. The van der Waals surface area contributed by atoms with Crippen LogP contribution in [0.5, 0.6) is 0 Å². The van der Waals surface area contributed by atoms with Crippen LogP contribution in [0.4, 0.5) is 9.59 Å². The summed E-state index contributed by atoms with van der Waals surface area (Å²) in [6.45, 7) is 3.71. The number of amides is 4. The number of urea groups is 2. The van der Waals surface area contributed by atoms with Crippen LogP contribution >= 0.6 is 0 Å². The predicted molar refractivity (Wildman–Crippen MR) is 75.4 cm³/mol. The van der Waals surface area contributed by atoms with Gasteiger partial charge in [-0.1, -0.05) is 10.2 Å². The Morgan fingerprint density at radius 3 is 1.83 bits per heavy atom. The van der Waals surface area contributed by atoms with Gasteiger partial charge in [0.15, 0.2) is 0 Å². The molecule has 10 nitrogen and oxygen atoms in total. The van der Waals surface area contributed by atoms with E-state index >= 15 is 0 Å². The van der Waals surface area contributed by atoms with Gasteiger partial charge in [0.2, 0.25) is 0 Å². The van der Waals surface area contributed by atoms with Gasteiger partial charge in [0.25, 0.3) is 0 Å². The molecule has 23 heavy (non-hydrogen) atoms. The molecule has 130 valence electrons. The van der Waals surface area contributed by atoms with E-state index in [1.807, 2.05) is 0 Å². The highest BCUT2D eigenvalue weighted by Crippen LogP contribution is 2.10. The van der Waals surface area contributed by atoms with Gasteiger partial charge in [0, 0.05) is 0 Å². The molecule has 0 N–H and O–H groups in total. The second kappa shape index (κ2) is 10.3. The zero-order chi connectivity index (χ0) is 16.3. The number of carbonyl (C=O) groups is 2. The van der Waals surface area contributed by atoms with Crippen molar-refractivity contribution >= 4 is 12.1 Å². The summed E-state index contributed by atoms with van der Waals surface area (Å²) in [7, 11) is 0. The van der Waals surface area contributed by atoms with Gasteiger partial charge in [-0.2, -0.15) is 0 Å². The smallest absolute Gasteiger partial charge is 0.370 e. The minimum Gasteiger partial charge on any atom is -0.377 e. The minimum absolute atomic E-state index is 0.0363. The molecule has 2 aliphatic heterocycles. The Balaban J connectivity index is 1.79. The van der Waals surface area contributed by atoms with E-state index in [4.69, 9.17) is 23.7 Å². The molecule has 1 saturated heterocycles. The van der Waals surface area contributed by atoms with Crippen molar-refractivity contribution in [3.05, 3.63) is 0 Å². The lowest BCUT2D eigenvalue weighted by atomic mass is 10.3. The van der Waals surface area contributed by atoms with Crippen molar-refractivity contribution in [1.82, 2.24) is 4.90 Å². The van der Waals surface area contributed by atoms with Crippen LogP contribution in [0.25, 0.3) is 0 Å².